The summed E-state index contributed by atoms with van der Waals surface area (Å²) in [6.45, 7) is 7.33. The van der Waals surface area contributed by atoms with Gasteiger partial charge in [0.05, 0.1) is 5.69 Å². The van der Waals surface area contributed by atoms with Gasteiger partial charge in [0.25, 0.3) is 5.91 Å². The molecule has 0 aliphatic carbocycles. The Bertz CT molecular complexity index is 1180. The Morgan fingerprint density at radius 2 is 1.90 bits per heavy atom. The first-order chi connectivity index (χ1) is 13.8. The number of azide groups is 1. The van der Waals surface area contributed by atoms with E-state index in [4.69, 9.17) is 5.53 Å². The molecule has 29 heavy (non-hydrogen) atoms. The van der Waals surface area contributed by atoms with Crippen molar-refractivity contribution in [3.63, 3.8) is 0 Å². The minimum absolute atomic E-state index is 0.337. The van der Waals surface area contributed by atoms with E-state index >= 15 is 0 Å². The van der Waals surface area contributed by atoms with Gasteiger partial charge in [0.2, 0.25) is 5.91 Å². The third-order valence-electron chi connectivity index (χ3n) is 4.37. The molecule has 0 spiro atoms. The number of aryl methyl sites for hydroxylation is 4. The van der Waals surface area contributed by atoms with E-state index in [1.54, 1.807) is 0 Å². The summed E-state index contributed by atoms with van der Waals surface area (Å²) < 4.78 is 0. The quantitative estimate of drug-likeness (QED) is 0.350. The average molecular weight is 408 g/mol. The molecule has 9 heteroatoms. The second-order valence-electron chi connectivity index (χ2n) is 6.78. The fraction of sp³-hybridized carbons (Fsp3) is 0.250. The van der Waals surface area contributed by atoms with Crippen molar-refractivity contribution < 1.29 is 9.59 Å². The Labute approximate surface area is 171 Å². The van der Waals surface area contributed by atoms with Gasteiger partial charge in [-0.15, -0.1) is 11.3 Å². The Morgan fingerprint density at radius 3 is 2.59 bits per heavy atom. The van der Waals surface area contributed by atoms with Crippen molar-refractivity contribution in [2.45, 2.75) is 27.7 Å². The number of benzene rings is 1. The molecule has 0 unspecified atom stereocenters. The lowest BCUT2D eigenvalue weighted by molar-refractivity contribution is -0.114. The Morgan fingerprint density at radius 1 is 1.14 bits per heavy atom. The van der Waals surface area contributed by atoms with Crippen LogP contribution in [0.2, 0.25) is 0 Å². The van der Waals surface area contributed by atoms with E-state index in [0.717, 1.165) is 22.4 Å². The van der Waals surface area contributed by atoms with Crippen LogP contribution in [0.5, 0.6) is 0 Å². The normalized spacial score (nSPS) is 10.5. The lowest BCUT2D eigenvalue weighted by Crippen LogP contribution is -2.18. The number of amides is 2. The maximum atomic E-state index is 13.1. The van der Waals surface area contributed by atoms with Crippen LogP contribution in [0.4, 0.5) is 11.4 Å². The lowest BCUT2D eigenvalue weighted by Gasteiger charge is -2.10. The summed E-state index contributed by atoms with van der Waals surface area (Å²) in [6, 6.07) is 7.65. The number of hydrogen-bond donors (Lipinski definition) is 2. The largest absolute Gasteiger partial charge is 0.324 e. The molecule has 0 radical (unpaired) electrons. The Balaban J connectivity index is 2.06. The van der Waals surface area contributed by atoms with E-state index in [2.05, 4.69) is 25.6 Å². The van der Waals surface area contributed by atoms with Gasteiger partial charge >= 0.3 is 0 Å². The average Bonchev–Trinajstić information content (AvgIpc) is 3.00. The number of carbonyl (C=O) groups excluding carboxylic acids is 2. The number of nitrogens with one attached hydrogen (secondary N) is 2. The van der Waals surface area contributed by atoms with Gasteiger partial charge in [-0.25, -0.2) is 4.98 Å². The number of fused-ring (bicyclic) bond motifs is 1. The number of rotatable bonds is 5. The predicted octanol–water partition coefficient (Wildman–Crippen LogP) is 5.03. The highest BCUT2D eigenvalue weighted by molar-refractivity contribution is 7.21. The molecule has 0 atom stereocenters. The second-order valence-corrected chi connectivity index (χ2v) is 7.78. The zero-order chi connectivity index (χ0) is 21.1. The molecule has 0 saturated heterocycles. The van der Waals surface area contributed by atoms with Crippen molar-refractivity contribution in [1.82, 2.24) is 4.98 Å². The van der Waals surface area contributed by atoms with Crippen LogP contribution in [0.1, 0.15) is 32.1 Å². The summed E-state index contributed by atoms with van der Waals surface area (Å²) >= 11 is 1.21. The van der Waals surface area contributed by atoms with E-state index in [1.807, 2.05) is 52.0 Å². The molecule has 0 saturated carbocycles. The Kier molecular flexibility index (Phi) is 5.81. The molecule has 0 fully saturated rings. The fourth-order valence-electron chi connectivity index (χ4n) is 3.13. The number of nitrogens with zero attached hydrogens (tertiary/aromatic N) is 4. The van der Waals surface area contributed by atoms with Gasteiger partial charge in [-0.05, 0) is 56.5 Å². The number of carbonyl (C=O) groups is 2. The van der Waals surface area contributed by atoms with E-state index < -0.39 is 5.91 Å². The highest BCUT2D eigenvalue weighted by Crippen LogP contribution is 2.37. The van der Waals surface area contributed by atoms with Gasteiger partial charge in [-0.2, -0.15) is 0 Å². The van der Waals surface area contributed by atoms with Crippen LogP contribution < -0.4 is 10.6 Å². The van der Waals surface area contributed by atoms with Crippen molar-refractivity contribution in [2.75, 3.05) is 17.2 Å². The monoisotopic (exact) mass is 408 g/mol. The first-order valence-corrected chi connectivity index (χ1v) is 9.72. The van der Waals surface area contributed by atoms with Gasteiger partial charge in [0.1, 0.15) is 16.3 Å². The van der Waals surface area contributed by atoms with Crippen LogP contribution in [0.25, 0.3) is 20.7 Å². The van der Waals surface area contributed by atoms with Crippen molar-refractivity contribution in [1.29, 1.82) is 0 Å². The molecule has 0 bridgehead atoms. The maximum absolute atomic E-state index is 13.1. The molecule has 0 aliphatic heterocycles. The van der Waals surface area contributed by atoms with Crippen molar-refractivity contribution in [3.8, 4) is 0 Å². The molecular formula is C20H20N6O2S. The summed E-state index contributed by atoms with van der Waals surface area (Å²) in [7, 11) is 0. The molecule has 8 nitrogen and oxygen atoms in total. The van der Waals surface area contributed by atoms with Gasteiger partial charge in [-0.1, -0.05) is 22.8 Å². The predicted molar refractivity (Wildman–Crippen MR) is 116 cm³/mol. The zero-order valence-corrected chi connectivity index (χ0v) is 17.3. The fourth-order valence-corrected chi connectivity index (χ4v) is 4.28. The first kappa shape index (κ1) is 20.3. The number of aromatic nitrogens is 1. The van der Waals surface area contributed by atoms with Crippen molar-refractivity contribution >= 4 is 44.7 Å². The Hall–Kier alpha value is -3.42. The summed E-state index contributed by atoms with van der Waals surface area (Å²) in [5.41, 5.74) is 13.3. The number of thiophene rings is 1. The highest BCUT2D eigenvalue weighted by Gasteiger charge is 2.23. The summed E-state index contributed by atoms with van der Waals surface area (Å²) in [5.74, 6) is -0.834. The van der Waals surface area contributed by atoms with Crippen molar-refractivity contribution in [3.05, 3.63) is 62.0 Å². The van der Waals surface area contributed by atoms with E-state index in [1.165, 1.54) is 11.3 Å². The van der Waals surface area contributed by atoms with Crippen molar-refractivity contribution in [2.24, 2.45) is 5.11 Å². The van der Waals surface area contributed by atoms with Crippen LogP contribution in [0, 0.1) is 27.7 Å². The second kappa shape index (κ2) is 8.30. The highest BCUT2D eigenvalue weighted by atomic mass is 32.1. The molecule has 1 aromatic carbocycles. The zero-order valence-electron chi connectivity index (χ0n) is 16.5. The molecule has 3 rings (SSSR count). The molecule has 2 aromatic heterocycles. The molecular weight excluding hydrogens is 388 g/mol. The van der Waals surface area contributed by atoms with Crippen LogP contribution in [0.3, 0.4) is 0 Å². The van der Waals surface area contributed by atoms with Crippen LogP contribution in [-0.2, 0) is 4.79 Å². The van der Waals surface area contributed by atoms with Gasteiger partial charge < -0.3 is 10.6 Å². The van der Waals surface area contributed by atoms with E-state index in [0.29, 0.717) is 26.5 Å². The molecule has 2 heterocycles. The lowest BCUT2D eigenvalue weighted by atomic mass is 10.1. The van der Waals surface area contributed by atoms with Crippen LogP contribution in [0.15, 0.2) is 29.4 Å². The SMILES string of the molecule is Cc1ccc(NC(=O)c2sc3nc(C)cc(C)c3c2NC(=O)CN=[N+]=[N-])c(C)c1. The minimum atomic E-state index is -0.497. The third-order valence-corrected chi connectivity index (χ3v) is 5.45. The number of anilines is 2. The standard InChI is InChI=1S/C20H20N6O2S/c1-10-5-6-14(11(2)7-10)24-19(28)18-17(25-15(27)9-22-26-21)16-12(3)8-13(4)23-20(16)29-18/h5-8H,9H2,1-4H3,(H,24,28)(H,25,27). The van der Waals surface area contributed by atoms with E-state index in [9.17, 15) is 9.59 Å². The third kappa shape index (κ3) is 4.37. The summed E-state index contributed by atoms with van der Waals surface area (Å²) in [6.07, 6.45) is 0. The summed E-state index contributed by atoms with van der Waals surface area (Å²) in [4.78, 5) is 33.4. The molecule has 2 N–H and O–H groups in total. The summed E-state index contributed by atoms with van der Waals surface area (Å²) in [5, 5.41) is 9.64. The van der Waals surface area contributed by atoms with Crippen LogP contribution >= 0.6 is 11.3 Å². The van der Waals surface area contributed by atoms with Gasteiger partial charge in [0, 0.05) is 21.7 Å². The number of pyridine rings is 1. The molecule has 3 aromatic rings. The van der Waals surface area contributed by atoms with Crippen LogP contribution in [-0.4, -0.2) is 23.3 Å². The van der Waals surface area contributed by atoms with Gasteiger partial charge in [-0.3, -0.25) is 9.59 Å². The number of hydrogen-bond acceptors (Lipinski definition) is 5. The van der Waals surface area contributed by atoms with Gasteiger partial charge in [0.15, 0.2) is 0 Å². The minimum Gasteiger partial charge on any atom is -0.324 e. The first-order valence-electron chi connectivity index (χ1n) is 8.90. The molecule has 0 aliphatic rings. The topological polar surface area (TPSA) is 120 Å². The molecule has 148 valence electrons. The smallest absolute Gasteiger partial charge is 0.267 e. The molecule has 2 amide bonds. The maximum Gasteiger partial charge on any atom is 0.267 e. The van der Waals surface area contributed by atoms with E-state index in [-0.39, 0.29) is 12.5 Å².